The van der Waals surface area contributed by atoms with Crippen molar-refractivity contribution < 1.29 is 14.2 Å². The smallest absolute Gasteiger partial charge is 0.192 e. The molecule has 1 aromatic heterocycles. The van der Waals surface area contributed by atoms with Gasteiger partial charge in [0, 0.05) is 13.2 Å². The Balaban J connectivity index is 1.89. The van der Waals surface area contributed by atoms with Crippen LogP contribution in [0.3, 0.4) is 0 Å². The lowest BCUT2D eigenvalue weighted by atomic mass is 10.2. The van der Waals surface area contributed by atoms with Gasteiger partial charge in [0.25, 0.3) is 0 Å². The van der Waals surface area contributed by atoms with Crippen LogP contribution in [-0.4, -0.2) is 23.7 Å². The Kier molecular flexibility index (Phi) is 3.85. The molecule has 0 fully saturated rings. The lowest BCUT2D eigenvalue weighted by molar-refractivity contribution is 0.0844. The van der Waals surface area contributed by atoms with Crippen LogP contribution in [0, 0.1) is 0 Å². The number of aromatic nitrogens is 2. The van der Waals surface area contributed by atoms with Crippen molar-refractivity contribution in [3.63, 3.8) is 0 Å². The molecule has 0 radical (unpaired) electrons. The Bertz CT molecular complexity index is 635. The van der Waals surface area contributed by atoms with Gasteiger partial charge in [0.15, 0.2) is 23.4 Å². The van der Waals surface area contributed by atoms with E-state index in [1.807, 2.05) is 24.3 Å². The fourth-order valence-electron chi connectivity index (χ4n) is 2.10. The third kappa shape index (κ3) is 2.88. The molecular weight excluding hydrogens is 272 g/mol. The summed E-state index contributed by atoms with van der Waals surface area (Å²) in [5.74, 6) is 7.85. The van der Waals surface area contributed by atoms with Crippen LogP contribution in [-0.2, 0) is 11.3 Å². The van der Waals surface area contributed by atoms with Gasteiger partial charge in [-0.25, -0.2) is 15.8 Å². The van der Waals surface area contributed by atoms with E-state index < -0.39 is 0 Å². The normalized spacial score (nSPS) is 16.6. The van der Waals surface area contributed by atoms with Gasteiger partial charge in [0.1, 0.15) is 12.4 Å². The minimum atomic E-state index is -0.385. The summed E-state index contributed by atoms with van der Waals surface area (Å²) in [5.41, 5.74) is 3.24. The van der Waals surface area contributed by atoms with Crippen molar-refractivity contribution in [2.45, 2.75) is 12.7 Å². The summed E-state index contributed by atoms with van der Waals surface area (Å²) in [6.45, 7) is 0.714. The summed E-state index contributed by atoms with van der Waals surface area (Å²) in [4.78, 5) is 8.75. The van der Waals surface area contributed by atoms with Gasteiger partial charge in [-0.05, 0) is 12.1 Å². The average molecular weight is 288 g/mol. The van der Waals surface area contributed by atoms with E-state index in [9.17, 15) is 0 Å². The second-order valence-electron chi connectivity index (χ2n) is 4.54. The fraction of sp³-hybridized carbons (Fsp3) is 0.286. The van der Waals surface area contributed by atoms with E-state index in [0.717, 1.165) is 11.4 Å². The Labute approximate surface area is 122 Å². The zero-order valence-corrected chi connectivity index (χ0v) is 11.6. The van der Waals surface area contributed by atoms with Crippen LogP contribution in [0.25, 0.3) is 0 Å². The fourth-order valence-corrected chi connectivity index (χ4v) is 2.10. The maximum absolute atomic E-state index is 5.89. The maximum atomic E-state index is 5.89. The summed E-state index contributed by atoms with van der Waals surface area (Å²) in [6, 6.07) is 9.22. The van der Waals surface area contributed by atoms with Crippen molar-refractivity contribution in [2.24, 2.45) is 5.84 Å². The van der Waals surface area contributed by atoms with E-state index in [1.165, 1.54) is 0 Å². The number of nitrogens with two attached hydrogens (primary N) is 1. The lowest BCUT2D eigenvalue weighted by Gasteiger charge is -2.25. The molecule has 1 aliphatic heterocycles. The molecule has 1 atom stereocenters. The third-order valence-corrected chi connectivity index (χ3v) is 3.03. The first-order valence-electron chi connectivity index (χ1n) is 6.52. The number of methoxy groups -OCH3 is 1. The molecule has 0 amide bonds. The molecule has 1 aliphatic rings. The van der Waals surface area contributed by atoms with Gasteiger partial charge in [0.2, 0.25) is 0 Å². The Morgan fingerprint density at radius 2 is 2.14 bits per heavy atom. The van der Waals surface area contributed by atoms with E-state index in [2.05, 4.69) is 15.4 Å². The van der Waals surface area contributed by atoms with E-state index >= 15 is 0 Å². The van der Waals surface area contributed by atoms with Crippen LogP contribution in [0.1, 0.15) is 17.6 Å². The van der Waals surface area contributed by atoms with Crippen molar-refractivity contribution in [3.8, 4) is 11.5 Å². The van der Waals surface area contributed by atoms with Crippen molar-refractivity contribution in [2.75, 3.05) is 19.1 Å². The highest BCUT2D eigenvalue weighted by atomic mass is 16.6. The molecule has 2 heterocycles. The minimum absolute atomic E-state index is 0.345. The van der Waals surface area contributed by atoms with E-state index in [1.54, 1.807) is 13.2 Å². The molecule has 7 nitrogen and oxygen atoms in total. The third-order valence-electron chi connectivity index (χ3n) is 3.03. The molecule has 0 spiro atoms. The molecule has 0 aliphatic carbocycles. The van der Waals surface area contributed by atoms with Gasteiger partial charge >= 0.3 is 0 Å². The van der Waals surface area contributed by atoms with Crippen molar-refractivity contribution in [1.82, 2.24) is 9.97 Å². The molecule has 3 rings (SSSR count). The van der Waals surface area contributed by atoms with Crippen LogP contribution < -0.4 is 20.7 Å². The lowest BCUT2D eigenvalue weighted by Crippen LogP contribution is -2.24. The number of ether oxygens (including phenoxy) is 3. The van der Waals surface area contributed by atoms with Crippen molar-refractivity contribution in [3.05, 3.63) is 41.9 Å². The van der Waals surface area contributed by atoms with Gasteiger partial charge in [0.05, 0.1) is 12.3 Å². The summed E-state index contributed by atoms with van der Waals surface area (Å²) in [5, 5.41) is 0. The summed E-state index contributed by atoms with van der Waals surface area (Å²) in [6.07, 6.45) is -0.385. The largest absolute Gasteiger partial charge is 0.485 e. The molecule has 1 unspecified atom stereocenters. The predicted molar refractivity (Wildman–Crippen MR) is 75.9 cm³/mol. The first-order valence-corrected chi connectivity index (χ1v) is 6.52. The number of nitrogens with one attached hydrogen (secondary N) is 1. The second kappa shape index (κ2) is 5.94. The first kappa shape index (κ1) is 13.6. The zero-order valence-electron chi connectivity index (χ0n) is 11.6. The summed E-state index contributed by atoms with van der Waals surface area (Å²) < 4.78 is 16.7. The van der Waals surface area contributed by atoms with Gasteiger partial charge in [-0.15, -0.1) is 0 Å². The number of benzene rings is 1. The van der Waals surface area contributed by atoms with Crippen LogP contribution in [0.2, 0.25) is 0 Å². The van der Waals surface area contributed by atoms with E-state index in [4.69, 9.17) is 20.1 Å². The Morgan fingerprint density at radius 1 is 1.33 bits per heavy atom. The highest BCUT2D eigenvalue weighted by Gasteiger charge is 2.25. The number of hydrazine groups is 1. The molecule has 0 saturated carbocycles. The minimum Gasteiger partial charge on any atom is -0.485 e. The summed E-state index contributed by atoms with van der Waals surface area (Å²) in [7, 11) is 1.60. The predicted octanol–water partition coefficient (Wildman–Crippen LogP) is 1.42. The second-order valence-corrected chi connectivity index (χ2v) is 4.54. The molecule has 0 bridgehead atoms. The molecule has 1 aromatic carbocycles. The quantitative estimate of drug-likeness (QED) is 0.649. The molecule has 7 heteroatoms. The maximum Gasteiger partial charge on any atom is 0.192 e. The van der Waals surface area contributed by atoms with Gasteiger partial charge in [-0.2, -0.15) is 0 Å². The SMILES string of the molecule is COCc1cc(NN)nc(C2COc3ccccc3O2)n1. The molecule has 21 heavy (non-hydrogen) atoms. The van der Waals surface area contributed by atoms with Gasteiger partial charge in [-0.3, -0.25) is 0 Å². The molecule has 3 N–H and O–H groups in total. The number of para-hydroxylation sites is 2. The molecule has 110 valence electrons. The Morgan fingerprint density at radius 3 is 2.90 bits per heavy atom. The monoisotopic (exact) mass is 288 g/mol. The number of anilines is 1. The standard InChI is InChI=1S/C14H16N4O3/c1-19-7-9-6-13(18-15)17-14(16-9)12-8-20-10-4-2-3-5-11(10)21-12/h2-6,12H,7-8,15H2,1H3,(H,16,17,18). The summed E-state index contributed by atoms with van der Waals surface area (Å²) >= 11 is 0. The van der Waals surface area contributed by atoms with Crippen LogP contribution >= 0.6 is 0 Å². The van der Waals surface area contributed by atoms with Crippen LogP contribution in [0.15, 0.2) is 30.3 Å². The number of nitrogen functional groups attached to an aromatic ring is 1. The van der Waals surface area contributed by atoms with E-state index in [0.29, 0.717) is 30.6 Å². The topological polar surface area (TPSA) is 91.5 Å². The number of hydrogen-bond donors (Lipinski definition) is 2. The number of hydrogen-bond acceptors (Lipinski definition) is 7. The number of nitrogens with zero attached hydrogens (tertiary/aromatic N) is 2. The van der Waals surface area contributed by atoms with Gasteiger partial charge < -0.3 is 19.6 Å². The average Bonchev–Trinajstić information content (AvgIpc) is 2.54. The highest BCUT2D eigenvalue weighted by Crippen LogP contribution is 2.35. The molecule has 2 aromatic rings. The van der Waals surface area contributed by atoms with Crippen molar-refractivity contribution in [1.29, 1.82) is 0 Å². The Hall–Kier alpha value is -2.38. The molecule has 0 saturated heterocycles. The van der Waals surface area contributed by atoms with Crippen LogP contribution in [0.4, 0.5) is 5.82 Å². The van der Waals surface area contributed by atoms with Gasteiger partial charge in [-0.1, -0.05) is 12.1 Å². The first-order chi connectivity index (χ1) is 10.3. The highest BCUT2D eigenvalue weighted by molar-refractivity contribution is 5.41. The number of fused-ring (bicyclic) bond motifs is 1. The number of rotatable bonds is 4. The van der Waals surface area contributed by atoms with E-state index in [-0.39, 0.29) is 6.10 Å². The van der Waals surface area contributed by atoms with Crippen molar-refractivity contribution >= 4 is 5.82 Å². The molecular formula is C14H16N4O3. The van der Waals surface area contributed by atoms with Crippen LogP contribution in [0.5, 0.6) is 11.5 Å². The zero-order chi connectivity index (χ0) is 14.7.